The number of rotatable bonds is 2. The van der Waals surface area contributed by atoms with Gasteiger partial charge in [-0.3, -0.25) is 0 Å². The number of nitroso groups, excluding NO2 is 1. The molecule has 1 N–H and O–H groups in total. The summed E-state index contributed by atoms with van der Waals surface area (Å²) in [6, 6.07) is 0. The molecular weight excluding hydrogens is 394 g/mol. The van der Waals surface area contributed by atoms with Crippen molar-refractivity contribution in [2.45, 2.75) is 117 Å². The van der Waals surface area contributed by atoms with Crippen molar-refractivity contribution in [3.63, 3.8) is 0 Å². The fourth-order valence-corrected chi connectivity index (χ4v) is 11.3. The lowest BCUT2D eigenvalue weighted by Crippen LogP contribution is -2.67. The minimum atomic E-state index is -0.338. The first kappa shape index (κ1) is 23.1. The van der Waals surface area contributed by atoms with Crippen LogP contribution in [0, 0.1) is 56.2 Å². The zero-order valence-corrected chi connectivity index (χ0v) is 21.5. The van der Waals surface area contributed by atoms with Crippen LogP contribution >= 0.6 is 0 Å². The third-order valence-corrected chi connectivity index (χ3v) is 13.2. The van der Waals surface area contributed by atoms with E-state index in [1.165, 1.54) is 37.7 Å². The molecule has 0 spiro atoms. The van der Waals surface area contributed by atoms with Crippen molar-refractivity contribution in [3.8, 4) is 0 Å². The second-order valence-corrected chi connectivity index (χ2v) is 14.3. The molecule has 0 aromatic heterocycles. The van der Waals surface area contributed by atoms with Crippen molar-refractivity contribution in [2.75, 3.05) is 0 Å². The van der Waals surface area contributed by atoms with Gasteiger partial charge in [-0.15, -0.1) is 0 Å². The van der Waals surface area contributed by atoms with Crippen LogP contribution in [0.15, 0.2) is 17.3 Å². The molecule has 5 saturated carbocycles. The zero-order valence-electron chi connectivity index (χ0n) is 21.5. The van der Waals surface area contributed by atoms with Gasteiger partial charge >= 0.3 is 0 Å². The van der Waals surface area contributed by atoms with E-state index in [2.05, 4.69) is 53.3 Å². The molecule has 0 aromatic carbocycles. The van der Waals surface area contributed by atoms with Gasteiger partial charge in [0.05, 0.1) is 6.10 Å². The summed E-state index contributed by atoms with van der Waals surface area (Å²) in [5, 5.41) is 14.8. The van der Waals surface area contributed by atoms with Gasteiger partial charge in [0.15, 0.2) is 0 Å². The third kappa shape index (κ3) is 2.58. The highest BCUT2D eigenvalue weighted by atomic mass is 16.3. The first-order valence-corrected chi connectivity index (χ1v) is 13.6. The number of hydrogen-bond donors (Lipinski definition) is 1. The highest BCUT2D eigenvalue weighted by Crippen LogP contribution is 2.76. The molecule has 3 nitrogen and oxygen atoms in total. The van der Waals surface area contributed by atoms with E-state index in [1.807, 2.05) is 0 Å². The van der Waals surface area contributed by atoms with Gasteiger partial charge in [-0.2, -0.15) is 4.91 Å². The Kier molecular flexibility index (Phi) is 4.99. The van der Waals surface area contributed by atoms with Gasteiger partial charge in [-0.1, -0.05) is 51.9 Å². The Morgan fingerprint density at radius 3 is 2.22 bits per heavy atom. The number of fused-ring (bicyclic) bond motifs is 7. The van der Waals surface area contributed by atoms with Crippen LogP contribution in [-0.4, -0.2) is 16.7 Å². The van der Waals surface area contributed by atoms with Crippen LogP contribution in [0.1, 0.15) is 106 Å². The molecule has 0 aromatic rings. The second-order valence-electron chi connectivity index (χ2n) is 14.3. The highest BCUT2D eigenvalue weighted by Gasteiger charge is 2.71. The number of aliphatic hydroxyl groups is 1. The average Bonchev–Trinajstić information content (AvgIpc) is 3.12. The summed E-state index contributed by atoms with van der Waals surface area (Å²) in [5.74, 6) is 2.76. The van der Waals surface area contributed by atoms with Gasteiger partial charge in [0.25, 0.3) is 0 Å². The lowest BCUT2D eigenvalue weighted by molar-refractivity contribution is -0.242. The van der Waals surface area contributed by atoms with Gasteiger partial charge in [-0.25, -0.2) is 0 Å². The smallest absolute Gasteiger partial charge is 0.106 e. The maximum absolute atomic E-state index is 12.3. The molecule has 0 radical (unpaired) electrons. The minimum Gasteiger partial charge on any atom is -0.393 e. The summed E-state index contributed by atoms with van der Waals surface area (Å²) < 4.78 is 0. The van der Waals surface area contributed by atoms with Gasteiger partial charge in [0.1, 0.15) is 5.54 Å². The molecule has 0 heterocycles. The van der Waals surface area contributed by atoms with E-state index in [0.717, 1.165) is 32.1 Å². The fourth-order valence-electron chi connectivity index (χ4n) is 11.3. The molecule has 10 atom stereocenters. The van der Waals surface area contributed by atoms with E-state index in [0.29, 0.717) is 40.4 Å². The van der Waals surface area contributed by atoms with Crippen LogP contribution < -0.4 is 0 Å². The van der Waals surface area contributed by atoms with Crippen molar-refractivity contribution in [2.24, 2.45) is 56.4 Å². The van der Waals surface area contributed by atoms with Crippen LogP contribution in [0.2, 0.25) is 0 Å². The third-order valence-electron chi connectivity index (χ3n) is 13.2. The van der Waals surface area contributed by atoms with Crippen molar-refractivity contribution < 1.29 is 5.11 Å². The average molecular weight is 442 g/mol. The molecule has 0 amide bonds. The topological polar surface area (TPSA) is 49.7 Å². The van der Waals surface area contributed by atoms with Gasteiger partial charge in [0.2, 0.25) is 0 Å². The molecule has 32 heavy (non-hydrogen) atoms. The monoisotopic (exact) mass is 441 g/mol. The van der Waals surface area contributed by atoms with Gasteiger partial charge in [0, 0.05) is 0 Å². The molecule has 5 aliphatic carbocycles. The van der Waals surface area contributed by atoms with Gasteiger partial charge < -0.3 is 5.11 Å². The summed E-state index contributed by atoms with van der Waals surface area (Å²) in [6.45, 7) is 19.1. The molecule has 0 saturated heterocycles. The van der Waals surface area contributed by atoms with Gasteiger partial charge in [-0.05, 0) is 122 Å². The SMILES string of the molecule is C=C(C)[C@@H]1CCC2(N=O)CC[C@]3(C)C(CCC4C5(C)CCC(O)C(C)(C)C5CCC43C)C12. The van der Waals surface area contributed by atoms with E-state index >= 15 is 0 Å². The second kappa shape index (κ2) is 6.92. The lowest BCUT2D eigenvalue weighted by Gasteiger charge is -2.72. The Balaban J connectivity index is 1.56. The van der Waals surface area contributed by atoms with E-state index in [-0.39, 0.29) is 22.5 Å². The Labute approximate surface area is 196 Å². The van der Waals surface area contributed by atoms with Crippen LogP contribution in [-0.2, 0) is 0 Å². The highest BCUT2D eigenvalue weighted by molar-refractivity contribution is 5.23. The first-order chi connectivity index (χ1) is 14.9. The number of allylic oxidation sites excluding steroid dienone is 1. The zero-order chi connectivity index (χ0) is 23.3. The lowest BCUT2D eigenvalue weighted by atomic mass is 9.32. The molecule has 180 valence electrons. The fraction of sp³-hybridized carbons (Fsp3) is 0.931. The quantitative estimate of drug-likeness (QED) is 0.356. The van der Waals surface area contributed by atoms with Crippen molar-refractivity contribution in [3.05, 3.63) is 17.1 Å². The Bertz CT molecular complexity index is 820. The predicted molar refractivity (Wildman–Crippen MR) is 131 cm³/mol. The van der Waals surface area contributed by atoms with Crippen molar-refractivity contribution in [1.29, 1.82) is 0 Å². The Morgan fingerprint density at radius 1 is 0.844 bits per heavy atom. The number of hydrogen-bond acceptors (Lipinski definition) is 3. The largest absolute Gasteiger partial charge is 0.393 e. The Morgan fingerprint density at radius 2 is 1.56 bits per heavy atom. The minimum absolute atomic E-state index is 0.00569. The molecule has 0 bridgehead atoms. The maximum Gasteiger partial charge on any atom is 0.106 e. The summed E-state index contributed by atoms with van der Waals surface area (Å²) in [6.07, 6.45) is 11.2. The maximum atomic E-state index is 12.3. The first-order valence-electron chi connectivity index (χ1n) is 13.6. The molecular formula is C29H47NO2. The summed E-state index contributed by atoms with van der Waals surface area (Å²) in [4.78, 5) is 12.3. The molecule has 5 aliphatic rings. The number of aliphatic hydroxyl groups excluding tert-OH is 1. The van der Waals surface area contributed by atoms with Crippen molar-refractivity contribution >= 4 is 0 Å². The van der Waals surface area contributed by atoms with E-state index < -0.39 is 0 Å². The molecule has 3 heteroatoms. The van der Waals surface area contributed by atoms with E-state index in [9.17, 15) is 10.0 Å². The van der Waals surface area contributed by atoms with E-state index in [1.54, 1.807) is 0 Å². The van der Waals surface area contributed by atoms with Crippen LogP contribution in [0.5, 0.6) is 0 Å². The predicted octanol–water partition coefficient (Wildman–Crippen LogP) is 7.52. The molecule has 0 aliphatic heterocycles. The van der Waals surface area contributed by atoms with Crippen molar-refractivity contribution in [1.82, 2.24) is 0 Å². The summed E-state index contributed by atoms with van der Waals surface area (Å²) in [5.41, 5.74) is 1.82. The van der Waals surface area contributed by atoms with Crippen LogP contribution in [0.4, 0.5) is 0 Å². The van der Waals surface area contributed by atoms with Crippen LogP contribution in [0.25, 0.3) is 0 Å². The summed E-state index contributed by atoms with van der Waals surface area (Å²) >= 11 is 0. The Hall–Kier alpha value is -0.700. The standard InChI is InChI=1S/C29H47NO2/c1-18(2)19-10-15-29(30-32)17-16-27(6)20(24(19)29)8-9-22-26(5)13-12-23(31)25(3,4)21(26)11-14-28(22,27)7/h19-24,31H,1,8-17H2,2-7H3/t19-,20?,21?,22?,23?,24?,26?,27+,28?,29?/m0/s1. The molecule has 5 fully saturated rings. The van der Waals surface area contributed by atoms with Crippen LogP contribution in [0.3, 0.4) is 0 Å². The van der Waals surface area contributed by atoms with E-state index in [4.69, 9.17) is 0 Å². The molecule has 5 rings (SSSR count). The normalized spacial score (nSPS) is 56.3. The number of nitrogens with zero attached hydrogens (tertiary/aromatic N) is 1. The molecule has 8 unspecified atom stereocenters. The summed E-state index contributed by atoms with van der Waals surface area (Å²) in [7, 11) is 0.